The smallest absolute Gasteiger partial charge is 0.151 e. The molecule has 2 unspecified atom stereocenters. The number of hydrogen-bond acceptors (Lipinski definition) is 12. The minimum atomic E-state index is -1.07. The first kappa shape index (κ1) is 188. The molecule has 0 bridgehead atoms. The van der Waals surface area contributed by atoms with E-state index >= 15 is 0 Å². The molecule has 61 heavy (non-hydrogen) atoms. The fraction of sp³-hybridized carbons (Fsp3) is 0.867. The summed E-state index contributed by atoms with van der Waals surface area (Å²) >= 11 is 2.32. The van der Waals surface area contributed by atoms with Gasteiger partial charge in [0.15, 0.2) is 22.2 Å². The van der Waals surface area contributed by atoms with Gasteiger partial charge < -0.3 is 22.7 Å². The second-order valence-electron chi connectivity index (χ2n) is 7.02. The number of thioether (sulfide) groups is 1. The maximum absolute atomic E-state index is 9.70. The standard InChI is InChI=1S/C4H8.C4H6.2C3H6O.2C3H8.2C2H6O2S.2C2H6OS.C2H6O.C2H6S.13CH4.V.W/c2*1-3-4-2;2*1-3(2)4;2*1-3-2;2*1-4-5(2)3;2*1-3-4-2;2*1-3-2;;;;;;;;;;;;;;;/h3-4H,1-2H3;3*1-2H3;2*3H2,1-2H3;2*1-2H3;2*1-2H3;2*1-2H3;13*1H4;;. The van der Waals surface area contributed by atoms with E-state index in [0.717, 1.165) is 0 Å². The summed E-state index contributed by atoms with van der Waals surface area (Å²) in [6, 6.07) is 0. The van der Waals surface area contributed by atoms with Gasteiger partial charge in [-0.25, -0.2) is 8.42 Å². The van der Waals surface area contributed by atoms with Crippen LogP contribution in [-0.2, 0) is 92.8 Å². The molecule has 2 atom stereocenters. The molecule has 0 saturated carbocycles. The van der Waals surface area contributed by atoms with Crippen LogP contribution in [0.1, 0.15) is 192 Å². The van der Waals surface area contributed by atoms with Gasteiger partial charge in [0, 0.05) is 78.9 Å². The predicted octanol–water partition coefficient (Wildman–Crippen LogP) is 17.8. The van der Waals surface area contributed by atoms with Crippen LogP contribution in [0.2, 0.25) is 0 Å². The molecule has 405 valence electrons. The molecule has 0 aromatic carbocycles. The number of ether oxygens (including phenoxy) is 1. The normalized spacial score (nSPS) is 6.30. The second kappa shape index (κ2) is 301. The van der Waals surface area contributed by atoms with E-state index in [1.807, 2.05) is 64.9 Å². The van der Waals surface area contributed by atoms with Crippen molar-refractivity contribution in [1.82, 2.24) is 0 Å². The number of Topliss-reactive ketones (excluding diaryl/α,β-unsaturated/α-hetero) is 2. The molecule has 0 aromatic rings. The fourth-order valence-corrected chi connectivity index (χ4v) is 0. The molecule has 0 aliphatic heterocycles. The second-order valence-corrected chi connectivity index (χ2v) is 11.4. The molecule has 0 saturated heterocycles. The zero-order valence-electron chi connectivity index (χ0n) is 35.1. The molecule has 0 aromatic heterocycles. The maximum Gasteiger partial charge on any atom is 0.151 e. The fourth-order valence-electron chi connectivity index (χ4n) is 0. The largest absolute Gasteiger partial charge is 0.388 e. The Labute approximate surface area is 441 Å². The zero-order valence-corrected chi connectivity index (χ0v) is 43.6. The summed E-state index contributed by atoms with van der Waals surface area (Å²) in [5, 5.41) is 0. The van der Waals surface area contributed by atoms with Crippen molar-refractivity contribution in [2.45, 2.75) is 192 Å². The minimum Gasteiger partial charge on any atom is -0.388 e. The number of allylic oxidation sites excluding steroid dienone is 2. The first-order valence-corrected chi connectivity index (χ1v) is 20.8. The van der Waals surface area contributed by atoms with Gasteiger partial charge in [0.2, 0.25) is 0 Å². The molecule has 0 fully saturated rings. The Morgan fingerprint density at radius 1 is 0.508 bits per heavy atom. The van der Waals surface area contributed by atoms with E-state index in [-0.39, 0.29) is 148 Å². The summed E-state index contributed by atoms with van der Waals surface area (Å²) in [6.45, 7) is 22.2. The number of ketones is 2. The van der Waals surface area contributed by atoms with E-state index in [0.29, 0.717) is 0 Å². The van der Waals surface area contributed by atoms with Gasteiger partial charge in [0.05, 0.1) is 28.4 Å². The van der Waals surface area contributed by atoms with Gasteiger partial charge in [0.1, 0.15) is 11.6 Å². The number of carbonyl (C=O) groups is 2. The van der Waals surface area contributed by atoms with Crippen LogP contribution in [0.4, 0.5) is 0 Å². The number of methoxy groups -OCH3 is 1. The SMILES string of the molecule is C.C.C.C.C.C.C.C.C.C.C.C.C.CC#CC.CC(C)=O.CC(C)=O.CC=CC.CCC.CCC.COC.COS(C)=O.COS(C)=O.COSC.COSC.CSC.[V].[W]. The van der Waals surface area contributed by atoms with Crippen molar-refractivity contribution in [2.75, 3.05) is 80.2 Å². The Kier molecular flexibility index (Phi) is 928. The molecule has 16 heteroatoms. The van der Waals surface area contributed by atoms with Crippen molar-refractivity contribution in [3.8, 4) is 11.8 Å². The van der Waals surface area contributed by atoms with E-state index in [1.54, 1.807) is 40.2 Å². The van der Waals surface area contributed by atoms with Crippen molar-refractivity contribution in [3.63, 3.8) is 0 Å². The van der Waals surface area contributed by atoms with E-state index in [2.05, 4.69) is 61.0 Å². The third-order valence-electron chi connectivity index (χ3n) is 1.39. The van der Waals surface area contributed by atoms with Crippen LogP contribution < -0.4 is 0 Å². The number of rotatable bonds is 4. The summed E-state index contributed by atoms with van der Waals surface area (Å²) in [6.07, 6.45) is 17.3. The predicted molar refractivity (Wildman–Crippen MR) is 307 cm³/mol. The van der Waals surface area contributed by atoms with Crippen molar-refractivity contribution >= 4 is 69.6 Å². The van der Waals surface area contributed by atoms with Gasteiger partial charge in [-0.15, -0.1) is 11.8 Å². The zero-order chi connectivity index (χ0) is 40.2. The summed E-state index contributed by atoms with van der Waals surface area (Å²) in [5.74, 6) is 5.69. The third-order valence-corrected chi connectivity index (χ3v) is 2.99. The minimum absolute atomic E-state index is 0. The topological polar surface area (TPSA) is 114 Å². The van der Waals surface area contributed by atoms with Crippen molar-refractivity contribution in [2.24, 2.45) is 0 Å². The van der Waals surface area contributed by atoms with Crippen LogP contribution in [0, 0.1) is 11.8 Å². The van der Waals surface area contributed by atoms with Gasteiger partial charge in [-0.2, -0.15) is 11.8 Å². The molecule has 0 rings (SSSR count). The van der Waals surface area contributed by atoms with E-state index in [9.17, 15) is 18.0 Å². The molecular formula is C45H130O9S5VW. The van der Waals surface area contributed by atoms with Crippen molar-refractivity contribution in [1.29, 1.82) is 0 Å². The molecule has 0 amide bonds. The molecule has 0 spiro atoms. The number of hydrogen-bond donors (Lipinski definition) is 0. The van der Waals surface area contributed by atoms with Gasteiger partial charge in [-0.3, -0.25) is 8.37 Å². The van der Waals surface area contributed by atoms with Crippen molar-refractivity contribution < 1.29 is 79.1 Å². The van der Waals surface area contributed by atoms with Gasteiger partial charge in [-0.05, 0) is 92.0 Å². The van der Waals surface area contributed by atoms with Gasteiger partial charge in [-0.1, -0.05) is 149 Å². The summed E-state index contributed by atoms with van der Waals surface area (Å²) in [7, 11) is 9.33. The Bertz CT molecular complexity index is 516. The van der Waals surface area contributed by atoms with Crippen LogP contribution >= 0.6 is 35.8 Å². The number of carbonyl (C=O) groups excluding carboxylic acids is 2. The molecule has 1 radical (unpaired) electrons. The quantitative estimate of drug-likeness (QED) is 0.152. The van der Waals surface area contributed by atoms with Gasteiger partial charge in [0.25, 0.3) is 0 Å². The van der Waals surface area contributed by atoms with Crippen molar-refractivity contribution in [3.05, 3.63) is 12.2 Å². The summed E-state index contributed by atoms with van der Waals surface area (Å²) < 4.78 is 41.0. The van der Waals surface area contributed by atoms with E-state index < -0.39 is 22.2 Å². The van der Waals surface area contributed by atoms with E-state index in [1.165, 1.54) is 91.4 Å². The van der Waals surface area contributed by atoms with Crippen LogP contribution in [0.5, 0.6) is 0 Å². The molecule has 9 nitrogen and oxygen atoms in total. The van der Waals surface area contributed by atoms with Crippen LogP contribution in [0.3, 0.4) is 0 Å². The van der Waals surface area contributed by atoms with Crippen LogP contribution in [0.25, 0.3) is 0 Å². The third kappa shape index (κ3) is 2590. The molecule has 0 aliphatic rings. The Balaban J connectivity index is -0.00000000811. The summed E-state index contributed by atoms with van der Waals surface area (Å²) in [5.41, 5.74) is 0. The molecule has 0 N–H and O–H groups in total. The van der Waals surface area contributed by atoms with Crippen LogP contribution in [0.15, 0.2) is 12.2 Å². The monoisotopic (exact) mass is 1210 g/mol. The maximum atomic E-state index is 9.70. The average Bonchev–Trinajstić information content (AvgIpc) is 2.99. The van der Waals surface area contributed by atoms with Crippen LogP contribution in [-0.4, -0.2) is 100 Å². The Morgan fingerprint density at radius 3 is 0.574 bits per heavy atom. The van der Waals surface area contributed by atoms with E-state index in [4.69, 9.17) is 0 Å². The first-order valence-electron chi connectivity index (χ1n) is 13.9. The average molecular weight is 1210 g/mol. The molecular weight excluding hydrogens is 1080 g/mol. The van der Waals surface area contributed by atoms with Gasteiger partial charge >= 0.3 is 0 Å². The summed E-state index contributed by atoms with van der Waals surface area (Å²) in [4.78, 5) is 18.9. The molecule has 0 aliphatic carbocycles. The molecule has 0 heterocycles. The Hall–Kier alpha value is 1.06. The Morgan fingerprint density at radius 2 is 0.574 bits per heavy atom. The first-order chi connectivity index (χ1) is 21.3.